The molecule has 0 heterocycles. The van der Waals surface area contributed by atoms with E-state index in [0.717, 1.165) is 5.56 Å². The van der Waals surface area contributed by atoms with Crippen molar-refractivity contribution in [3.63, 3.8) is 0 Å². The van der Waals surface area contributed by atoms with Crippen molar-refractivity contribution in [3.05, 3.63) is 35.9 Å². The lowest BCUT2D eigenvalue weighted by Crippen LogP contribution is -2.36. The highest BCUT2D eigenvalue weighted by atomic mass is 16.5. The molecular weight excluding hydrogens is 164 g/mol. The molecule has 0 spiro atoms. The number of nitrogens with one attached hydrogen (secondary N) is 1. The van der Waals surface area contributed by atoms with E-state index < -0.39 is 0 Å². The Labute approximate surface area is 78.9 Å². The molecule has 0 radical (unpaired) electrons. The normalized spacial score (nSPS) is 15.3. The van der Waals surface area contributed by atoms with E-state index in [-0.39, 0.29) is 12.1 Å². The van der Waals surface area contributed by atoms with Crippen LogP contribution >= 0.6 is 0 Å². The van der Waals surface area contributed by atoms with E-state index >= 15 is 0 Å². The lowest BCUT2D eigenvalue weighted by Gasteiger charge is -2.22. The quantitative estimate of drug-likeness (QED) is 0.541. The number of hydrazine groups is 1. The summed E-state index contributed by atoms with van der Waals surface area (Å²) in [6.45, 7) is 1.98. The molecule has 0 aliphatic rings. The summed E-state index contributed by atoms with van der Waals surface area (Å²) in [5.74, 6) is 5.45. The highest BCUT2D eigenvalue weighted by molar-refractivity contribution is 5.19. The first-order valence-corrected chi connectivity index (χ1v) is 4.33. The molecule has 2 unspecified atom stereocenters. The summed E-state index contributed by atoms with van der Waals surface area (Å²) in [6.07, 6.45) is 0.0624. The number of hydrogen-bond donors (Lipinski definition) is 2. The van der Waals surface area contributed by atoms with Crippen molar-refractivity contribution in [2.24, 2.45) is 5.84 Å². The first-order chi connectivity index (χ1) is 6.29. The minimum Gasteiger partial charge on any atom is -0.380 e. The van der Waals surface area contributed by atoms with Crippen molar-refractivity contribution in [1.82, 2.24) is 5.43 Å². The minimum atomic E-state index is 0.0474. The molecular formula is C10H16N2O. The summed E-state index contributed by atoms with van der Waals surface area (Å²) in [4.78, 5) is 0. The van der Waals surface area contributed by atoms with Gasteiger partial charge >= 0.3 is 0 Å². The van der Waals surface area contributed by atoms with Crippen molar-refractivity contribution in [1.29, 1.82) is 0 Å². The predicted octanol–water partition coefficient (Wildman–Crippen LogP) is 1.23. The third-order valence-electron chi connectivity index (χ3n) is 2.18. The molecule has 72 valence electrons. The van der Waals surface area contributed by atoms with E-state index in [2.05, 4.69) is 5.43 Å². The van der Waals surface area contributed by atoms with Gasteiger partial charge in [-0.2, -0.15) is 0 Å². The Morgan fingerprint density at radius 1 is 1.31 bits per heavy atom. The van der Waals surface area contributed by atoms with Crippen LogP contribution in [0.15, 0.2) is 30.3 Å². The van der Waals surface area contributed by atoms with Crippen LogP contribution in [0, 0.1) is 0 Å². The van der Waals surface area contributed by atoms with E-state index in [9.17, 15) is 0 Å². The Morgan fingerprint density at radius 3 is 2.38 bits per heavy atom. The fourth-order valence-electron chi connectivity index (χ4n) is 1.30. The summed E-state index contributed by atoms with van der Waals surface area (Å²) in [6, 6.07) is 10.1. The fraction of sp³-hybridized carbons (Fsp3) is 0.400. The monoisotopic (exact) mass is 180 g/mol. The second-order valence-electron chi connectivity index (χ2n) is 3.00. The number of ether oxygens (including phenoxy) is 1. The second kappa shape index (κ2) is 4.97. The molecule has 0 fully saturated rings. The average molecular weight is 180 g/mol. The van der Waals surface area contributed by atoms with Crippen LogP contribution in [-0.2, 0) is 4.74 Å². The van der Waals surface area contributed by atoms with Gasteiger partial charge in [0, 0.05) is 7.11 Å². The maximum Gasteiger partial charge on any atom is 0.0750 e. The Balaban J connectivity index is 2.78. The first kappa shape index (κ1) is 10.2. The third kappa shape index (κ3) is 2.52. The molecule has 3 nitrogen and oxygen atoms in total. The second-order valence-corrected chi connectivity index (χ2v) is 3.00. The van der Waals surface area contributed by atoms with Crippen molar-refractivity contribution >= 4 is 0 Å². The van der Waals surface area contributed by atoms with Gasteiger partial charge in [-0.15, -0.1) is 0 Å². The molecule has 3 N–H and O–H groups in total. The maximum atomic E-state index is 5.45. The SMILES string of the molecule is COC(C)C(NN)c1ccccc1. The zero-order chi connectivity index (χ0) is 9.68. The molecule has 1 aromatic carbocycles. The van der Waals surface area contributed by atoms with Gasteiger partial charge in [0.2, 0.25) is 0 Å². The van der Waals surface area contributed by atoms with Crippen LogP contribution in [-0.4, -0.2) is 13.2 Å². The van der Waals surface area contributed by atoms with Crippen molar-refractivity contribution < 1.29 is 4.74 Å². The van der Waals surface area contributed by atoms with Crippen LogP contribution in [0.1, 0.15) is 18.5 Å². The molecule has 0 aromatic heterocycles. The topological polar surface area (TPSA) is 47.3 Å². The zero-order valence-electron chi connectivity index (χ0n) is 8.03. The van der Waals surface area contributed by atoms with Crippen LogP contribution in [0.4, 0.5) is 0 Å². The predicted molar refractivity (Wildman–Crippen MR) is 53.0 cm³/mol. The number of methoxy groups -OCH3 is 1. The average Bonchev–Trinajstić information content (AvgIpc) is 2.20. The smallest absolute Gasteiger partial charge is 0.0750 e. The van der Waals surface area contributed by atoms with Crippen LogP contribution < -0.4 is 11.3 Å². The van der Waals surface area contributed by atoms with Crippen LogP contribution in [0.3, 0.4) is 0 Å². The van der Waals surface area contributed by atoms with Crippen LogP contribution in [0.5, 0.6) is 0 Å². The molecule has 2 atom stereocenters. The lowest BCUT2D eigenvalue weighted by atomic mass is 10.0. The third-order valence-corrected chi connectivity index (χ3v) is 2.18. The fourth-order valence-corrected chi connectivity index (χ4v) is 1.30. The standard InChI is InChI=1S/C10H16N2O/c1-8(13-2)10(12-11)9-6-4-3-5-7-9/h3-8,10,12H,11H2,1-2H3. The van der Waals surface area contributed by atoms with E-state index in [1.54, 1.807) is 7.11 Å². The molecule has 3 heteroatoms. The van der Waals surface area contributed by atoms with Crippen molar-refractivity contribution in [3.8, 4) is 0 Å². The Hall–Kier alpha value is -0.900. The summed E-state index contributed by atoms with van der Waals surface area (Å²) in [5, 5.41) is 0. The summed E-state index contributed by atoms with van der Waals surface area (Å²) >= 11 is 0. The van der Waals surface area contributed by atoms with Gasteiger partial charge in [-0.3, -0.25) is 11.3 Å². The Kier molecular flexibility index (Phi) is 3.89. The van der Waals surface area contributed by atoms with Gasteiger partial charge in [0.1, 0.15) is 0 Å². The van der Waals surface area contributed by atoms with E-state index in [1.807, 2.05) is 37.3 Å². The molecule has 13 heavy (non-hydrogen) atoms. The molecule has 0 saturated carbocycles. The van der Waals surface area contributed by atoms with E-state index in [0.29, 0.717) is 0 Å². The van der Waals surface area contributed by atoms with Crippen molar-refractivity contribution in [2.75, 3.05) is 7.11 Å². The molecule has 0 amide bonds. The Morgan fingerprint density at radius 2 is 1.92 bits per heavy atom. The zero-order valence-corrected chi connectivity index (χ0v) is 8.03. The van der Waals surface area contributed by atoms with Gasteiger partial charge in [-0.1, -0.05) is 30.3 Å². The van der Waals surface area contributed by atoms with Gasteiger partial charge in [0.05, 0.1) is 12.1 Å². The number of benzene rings is 1. The van der Waals surface area contributed by atoms with Gasteiger partial charge in [-0.25, -0.2) is 0 Å². The van der Waals surface area contributed by atoms with Gasteiger partial charge in [0.25, 0.3) is 0 Å². The minimum absolute atomic E-state index is 0.0474. The summed E-state index contributed by atoms with van der Waals surface area (Å²) < 4.78 is 5.22. The molecule has 0 bridgehead atoms. The summed E-state index contributed by atoms with van der Waals surface area (Å²) in [5.41, 5.74) is 3.88. The number of nitrogens with two attached hydrogens (primary N) is 1. The van der Waals surface area contributed by atoms with Crippen LogP contribution in [0.25, 0.3) is 0 Å². The largest absolute Gasteiger partial charge is 0.380 e. The highest BCUT2D eigenvalue weighted by Gasteiger charge is 2.16. The van der Waals surface area contributed by atoms with E-state index in [4.69, 9.17) is 10.6 Å². The molecule has 1 rings (SSSR count). The molecule has 0 aliphatic carbocycles. The van der Waals surface area contributed by atoms with Crippen LogP contribution in [0.2, 0.25) is 0 Å². The molecule has 1 aromatic rings. The van der Waals surface area contributed by atoms with Gasteiger partial charge in [0.15, 0.2) is 0 Å². The molecule has 0 aliphatic heterocycles. The molecule has 0 saturated heterocycles. The summed E-state index contributed by atoms with van der Waals surface area (Å²) in [7, 11) is 1.68. The van der Waals surface area contributed by atoms with Gasteiger partial charge in [-0.05, 0) is 12.5 Å². The highest BCUT2D eigenvalue weighted by Crippen LogP contribution is 2.16. The Bertz CT molecular complexity index is 238. The maximum absolute atomic E-state index is 5.45. The number of rotatable bonds is 4. The van der Waals surface area contributed by atoms with Crippen molar-refractivity contribution in [2.45, 2.75) is 19.1 Å². The lowest BCUT2D eigenvalue weighted by molar-refractivity contribution is 0.0831. The van der Waals surface area contributed by atoms with E-state index in [1.165, 1.54) is 0 Å². The number of hydrogen-bond acceptors (Lipinski definition) is 3. The van der Waals surface area contributed by atoms with Gasteiger partial charge < -0.3 is 4.74 Å². The first-order valence-electron chi connectivity index (χ1n) is 4.33.